The lowest BCUT2D eigenvalue weighted by molar-refractivity contribution is 0.304. The molecule has 0 saturated carbocycles. The SMILES string of the molecule is NC(COc1cc2c(cc1S(=O)(=O)O)-c1cc(S(=O)(=O)O)c(OCC(N)S(=O)(=O)c3ccccc3)cc1C2)S(=O)(=O)c1ccccc1. The molecule has 4 aromatic rings. The average molecular weight is 725 g/mol. The van der Waals surface area contributed by atoms with Gasteiger partial charge in [0.15, 0.2) is 19.7 Å². The Morgan fingerprint density at radius 1 is 0.574 bits per heavy atom. The third kappa shape index (κ3) is 7.04. The maximum absolute atomic E-state index is 12.8. The summed E-state index contributed by atoms with van der Waals surface area (Å²) >= 11 is 0. The van der Waals surface area contributed by atoms with E-state index in [0.29, 0.717) is 11.1 Å². The largest absolute Gasteiger partial charge is 0.489 e. The van der Waals surface area contributed by atoms with Gasteiger partial charge in [0.25, 0.3) is 20.2 Å². The first-order valence-electron chi connectivity index (χ1n) is 13.5. The highest BCUT2D eigenvalue weighted by Gasteiger charge is 2.32. The molecule has 18 heteroatoms. The molecule has 0 spiro atoms. The van der Waals surface area contributed by atoms with E-state index in [0.717, 1.165) is 12.1 Å². The molecule has 47 heavy (non-hydrogen) atoms. The van der Waals surface area contributed by atoms with Crippen molar-refractivity contribution in [3.05, 3.63) is 96.1 Å². The lowest BCUT2D eigenvalue weighted by Crippen LogP contribution is -2.36. The van der Waals surface area contributed by atoms with E-state index < -0.39 is 85.2 Å². The van der Waals surface area contributed by atoms with Gasteiger partial charge >= 0.3 is 0 Å². The van der Waals surface area contributed by atoms with Crippen molar-refractivity contribution in [1.29, 1.82) is 0 Å². The number of hydrogen-bond acceptors (Lipinski definition) is 12. The van der Waals surface area contributed by atoms with E-state index in [2.05, 4.69) is 0 Å². The van der Waals surface area contributed by atoms with Crippen molar-refractivity contribution in [3.8, 4) is 22.6 Å². The van der Waals surface area contributed by atoms with Crippen molar-refractivity contribution in [1.82, 2.24) is 0 Å². The zero-order chi connectivity index (χ0) is 34.4. The average Bonchev–Trinajstić information content (AvgIpc) is 3.37. The Hall–Kier alpha value is -3.88. The summed E-state index contributed by atoms with van der Waals surface area (Å²) in [6.45, 7) is -1.38. The topological polar surface area (TPSA) is 248 Å². The lowest BCUT2D eigenvalue weighted by Gasteiger charge is -2.17. The third-order valence-corrected chi connectivity index (χ3v) is 12.8. The molecule has 6 N–H and O–H groups in total. The Morgan fingerprint density at radius 2 is 0.915 bits per heavy atom. The van der Waals surface area contributed by atoms with Gasteiger partial charge in [-0.2, -0.15) is 16.8 Å². The van der Waals surface area contributed by atoms with Crippen LogP contribution in [0.15, 0.2) is 105 Å². The highest BCUT2D eigenvalue weighted by Crippen LogP contribution is 2.44. The van der Waals surface area contributed by atoms with Crippen molar-refractivity contribution >= 4 is 39.9 Å². The van der Waals surface area contributed by atoms with Crippen molar-refractivity contribution in [2.24, 2.45) is 11.5 Å². The fraction of sp³-hybridized carbons (Fsp3) is 0.172. The normalized spacial score (nSPS) is 14.6. The molecular formula is C29H28N2O12S4. The Morgan fingerprint density at radius 3 is 1.23 bits per heavy atom. The fourth-order valence-electron chi connectivity index (χ4n) is 4.92. The van der Waals surface area contributed by atoms with E-state index in [4.69, 9.17) is 20.9 Å². The predicted octanol–water partition coefficient (Wildman–Crippen LogP) is 2.03. The Kier molecular flexibility index (Phi) is 9.25. The van der Waals surface area contributed by atoms with Crippen LogP contribution in [0.3, 0.4) is 0 Å². The van der Waals surface area contributed by atoms with Crippen molar-refractivity contribution < 1.29 is 52.3 Å². The molecule has 2 unspecified atom stereocenters. The second-order valence-corrected chi connectivity index (χ2v) is 17.6. The minimum atomic E-state index is -4.97. The second-order valence-electron chi connectivity index (χ2n) is 10.5. The van der Waals surface area contributed by atoms with Gasteiger partial charge in [-0.25, -0.2) is 16.8 Å². The zero-order valence-corrected chi connectivity index (χ0v) is 27.4. The third-order valence-electron chi connectivity index (χ3n) is 7.31. The van der Waals surface area contributed by atoms with Crippen LogP contribution in [0.1, 0.15) is 11.1 Å². The van der Waals surface area contributed by atoms with Crippen LogP contribution in [0, 0.1) is 0 Å². The van der Waals surface area contributed by atoms with Gasteiger partial charge in [-0.15, -0.1) is 0 Å². The van der Waals surface area contributed by atoms with E-state index in [1.54, 1.807) is 12.1 Å². The van der Waals surface area contributed by atoms with Gasteiger partial charge in [-0.3, -0.25) is 9.11 Å². The number of ether oxygens (including phenoxy) is 2. The molecule has 250 valence electrons. The van der Waals surface area contributed by atoms with Gasteiger partial charge in [0.1, 0.15) is 45.3 Å². The number of nitrogens with two attached hydrogens (primary N) is 2. The first kappa shape index (κ1) is 34.5. The monoisotopic (exact) mass is 724 g/mol. The van der Waals surface area contributed by atoms with Gasteiger partial charge in [-0.1, -0.05) is 36.4 Å². The summed E-state index contributed by atoms with van der Waals surface area (Å²) in [5.41, 5.74) is 12.8. The molecule has 14 nitrogen and oxygen atoms in total. The number of rotatable bonds is 12. The van der Waals surface area contributed by atoms with Gasteiger partial charge < -0.3 is 20.9 Å². The number of benzene rings is 4. The molecule has 0 saturated heterocycles. The number of sulfone groups is 2. The summed E-state index contributed by atoms with van der Waals surface area (Å²) < 4.78 is 132. The van der Waals surface area contributed by atoms with E-state index in [9.17, 15) is 42.8 Å². The summed E-state index contributed by atoms with van der Waals surface area (Å²) in [4.78, 5) is -1.66. The Balaban J connectivity index is 1.46. The summed E-state index contributed by atoms with van der Waals surface area (Å²) in [5.74, 6) is -0.831. The summed E-state index contributed by atoms with van der Waals surface area (Å²) in [5, 5.41) is -3.22. The van der Waals surface area contributed by atoms with Gasteiger partial charge in [0, 0.05) is 0 Å². The van der Waals surface area contributed by atoms with Gasteiger partial charge in [-0.05, 0) is 77.2 Å². The van der Waals surface area contributed by atoms with Crippen molar-refractivity contribution in [3.63, 3.8) is 0 Å². The predicted molar refractivity (Wildman–Crippen MR) is 169 cm³/mol. The minimum Gasteiger partial charge on any atom is -0.489 e. The molecule has 0 amide bonds. The van der Waals surface area contributed by atoms with Crippen molar-refractivity contribution in [2.45, 2.75) is 36.8 Å². The standard InChI is InChI=1S/C29H28N2O12S4/c30-28(44(32,33)20-7-3-1-4-8-20)16-42-24-12-18-11-19-13-25(43-17-29(31)45(34,35)21-9-5-2-6-10-21)27(47(39,40)41)15-23(19)22(18)14-26(24)46(36,37)38/h1-10,12-15,28-29H,11,16-17,30-31H2,(H,36,37,38)(H,39,40,41). The van der Waals surface area contributed by atoms with Crippen molar-refractivity contribution in [2.75, 3.05) is 13.2 Å². The lowest BCUT2D eigenvalue weighted by atomic mass is 10.1. The fourth-order valence-corrected chi connectivity index (χ4v) is 8.47. The van der Waals surface area contributed by atoms with Gasteiger partial charge in [0.2, 0.25) is 0 Å². The molecular weight excluding hydrogens is 697 g/mol. The summed E-state index contributed by atoms with van der Waals surface area (Å²) in [7, 11) is -18.1. The molecule has 1 aliphatic rings. The zero-order valence-electron chi connectivity index (χ0n) is 24.1. The molecule has 1 aliphatic carbocycles. The van der Waals surface area contributed by atoms with Crippen LogP contribution < -0.4 is 20.9 Å². The van der Waals surface area contributed by atoms with E-state index >= 15 is 0 Å². The first-order chi connectivity index (χ1) is 21.9. The van der Waals surface area contributed by atoms with Crippen LogP contribution in [-0.4, -0.2) is 66.7 Å². The molecule has 0 bridgehead atoms. The Labute approximate surface area is 271 Å². The van der Waals surface area contributed by atoms with Crippen LogP contribution in [0.4, 0.5) is 0 Å². The van der Waals surface area contributed by atoms with Crippen LogP contribution in [0.5, 0.6) is 11.5 Å². The smallest absolute Gasteiger partial charge is 0.298 e. The van der Waals surface area contributed by atoms with E-state index in [-0.39, 0.29) is 27.3 Å². The number of hydrogen-bond donors (Lipinski definition) is 4. The molecule has 0 radical (unpaired) electrons. The first-order valence-corrected chi connectivity index (χ1v) is 19.5. The van der Waals surface area contributed by atoms with Crippen LogP contribution in [-0.2, 0) is 46.3 Å². The van der Waals surface area contributed by atoms with E-state index in [1.807, 2.05) is 0 Å². The van der Waals surface area contributed by atoms with Crippen LogP contribution in [0.2, 0.25) is 0 Å². The second kappa shape index (κ2) is 12.6. The summed E-state index contributed by atoms with van der Waals surface area (Å²) in [6, 6.07) is 19.1. The maximum Gasteiger partial charge on any atom is 0.298 e. The van der Waals surface area contributed by atoms with E-state index in [1.165, 1.54) is 60.7 Å². The van der Waals surface area contributed by atoms with Crippen LogP contribution >= 0.6 is 0 Å². The van der Waals surface area contributed by atoms with Gasteiger partial charge in [0.05, 0.1) is 9.79 Å². The van der Waals surface area contributed by atoms with Crippen LogP contribution in [0.25, 0.3) is 11.1 Å². The molecule has 0 heterocycles. The Bertz CT molecular complexity index is 2120. The molecule has 2 atom stereocenters. The molecule has 0 aliphatic heterocycles. The highest BCUT2D eigenvalue weighted by molar-refractivity contribution is 7.92. The quantitative estimate of drug-likeness (QED) is 0.135. The molecule has 0 fully saturated rings. The summed E-state index contributed by atoms with van der Waals surface area (Å²) in [6.07, 6.45) is 0.0393. The minimum absolute atomic E-state index is 0.0393. The highest BCUT2D eigenvalue weighted by atomic mass is 32.2. The molecule has 4 aromatic carbocycles. The molecule has 5 rings (SSSR count). The molecule has 0 aromatic heterocycles. The maximum atomic E-state index is 12.8. The number of fused-ring (bicyclic) bond motifs is 3.